The first-order valence-electron chi connectivity index (χ1n) is 10.5. The number of rotatable bonds is 3. The van der Waals surface area contributed by atoms with Gasteiger partial charge in [-0.3, -0.25) is 4.98 Å². The van der Waals surface area contributed by atoms with Gasteiger partial charge >= 0.3 is 0 Å². The van der Waals surface area contributed by atoms with Gasteiger partial charge in [-0.05, 0) is 32.0 Å². The minimum atomic E-state index is -1.63. The monoisotopic (exact) mass is 428 g/mol. The van der Waals surface area contributed by atoms with Crippen LogP contribution >= 0.6 is 0 Å². The first-order valence-corrected chi connectivity index (χ1v) is 10.5. The van der Waals surface area contributed by atoms with Gasteiger partial charge in [0, 0.05) is 28.8 Å². The number of nitrogen functional groups attached to an aromatic ring is 1. The van der Waals surface area contributed by atoms with Crippen LogP contribution in [0.1, 0.15) is 53.7 Å². The average molecular weight is 428 g/mol. The summed E-state index contributed by atoms with van der Waals surface area (Å²) in [6.07, 6.45) is 2.23. The Morgan fingerprint density at radius 1 is 1.25 bits per heavy atom. The van der Waals surface area contributed by atoms with E-state index in [2.05, 4.69) is 21.8 Å². The fraction of sp³-hybridized carbons (Fsp3) is 0.320. The van der Waals surface area contributed by atoms with E-state index in [1.165, 1.54) is 0 Å². The molecule has 0 saturated heterocycles. The molecule has 0 amide bonds. The molecule has 0 spiro atoms. The molecule has 7 heteroatoms. The maximum atomic E-state index is 12.6. The fourth-order valence-corrected chi connectivity index (χ4v) is 4.98. The molecule has 2 aliphatic rings. The summed E-state index contributed by atoms with van der Waals surface area (Å²) in [7, 11) is 1.61. The predicted molar refractivity (Wildman–Crippen MR) is 119 cm³/mol. The van der Waals surface area contributed by atoms with Gasteiger partial charge in [0.25, 0.3) is 0 Å². The number of anilines is 1. The van der Waals surface area contributed by atoms with Crippen LogP contribution in [0.4, 0.5) is 5.82 Å². The number of aliphatic hydroxyl groups is 1. The van der Waals surface area contributed by atoms with E-state index in [1.807, 2.05) is 44.2 Å². The van der Waals surface area contributed by atoms with Crippen LogP contribution < -0.4 is 15.2 Å². The molecule has 1 aliphatic carbocycles. The summed E-state index contributed by atoms with van der Waals surface area (Å²) in [5.41, 5.74) is 6.65. The van der Waals surface area contributed by atoms with E-state index in [-0.39, 0.29) is 0 Å². The lowest BCUT2D eigenvalue weighted by molar-refractivity contribution is -0.0879. The molecule has 0 unspecified atom stereocenters. The molecular formula is C25H24N4O3. The van der Waals surface area contributed by atoms with Gasteiger partial charge in [-0.25, -0.2) is 9.97 Å². The van der Waals surface area contributed by atoms with E-state index in [0.29, 0.717) is 46.4 Å². The van der Waals surface area contributed by atoms with Crippen molar-refractivity contribution in [2.45, 2.75) is 44.3 Å². The Balaban J connectivity index is 1.91. The third kappa shape index (κ3) is 2.38. The molecule has 3 heterocycles. The number of nitrogens with two attached hydrogens (primary N) is 1. The third-order valence-electron chi connectivity index (χ3n) is 6.39. The second-order valence-corrected chi connectivity index (χ2v) is 8.07. The van der Waals surface area contributed by atoms with Crippen LogP contribution in [0.25, 0.3) is 0 Å². The summed E-state index contributed by atoms with van der Waals surface area (Å²) in [6, 6.07) is 9.29. The van der Waals surface area contributed by atoms with Crippen molar-refractivity contribution in [2.24, 2.45) is 0 Å². The normalized spacial score (nSPS) is 24.6. The summed E-state index contributed by atoms with van der Waals surface area (Å²) in [5, 5.41) is 12.6. The van der Waals surface area contributed by atoms with Crippen molar-refractivity contribution in [3.63, 3.8) is 0 Å². The summed E-state index contributed by atoms with van der Waals surface area (Å²) in [6.45, 7) is 5.58. The van der Waals surface area contributed by atoms with E-state index in [4.69, 9.17) is 20.2 Å². The summed E-state index contributed by atoms with van der Waals surface area (Å²) in [4.78, 5) is 13.6. The Labute approximate surface area is 186 Å². The van der Waals surface area contributed by atoms with Gasteiger partial charge in [0.2, 0.25) is 0 Å². The van der Waals surface area contributed by atoms with Gasteiger partial charge in [0.15, 0.2) is 11.2 Å². The highest BCUT2D eigenvalue weighted by atomic mass is 16.5. The fourth-order valence-electron chi connectivity index (χ4n) is 4.98. The van der Waals surface area contributed by atoms with E-state index in [0.717, 1.165) is 11.3 Å². The molecule has 0 saturated carbocycles. The Kier molecular flexibility index (Phi) is 4.40. The van der Waals surface area contributed by atoms with Crippen molar-refractivity contribution in [1.82, 2.24) is 15.0 Å². The number of methoxy groups -OCH3 is 1. The number of ether oxygens (including phenoxy) is 2. The molecule has 1 aliphatic heterocycles. The van der Waals surface area contributed by atoms with E-state index < -0.39 is 17.1 Å². The molecule has 2 aromatic heterocycles. The minimum absolute atomic E-state index is 0.311. The first-order chi connectivity index (χ1) is 15.4. The highest BCUT2D eigenvalue weighted by Crippen LogP contribution is 2.67. The number of pyridine rings is 1. The molecule has 3 N–H and O–H groups in total. The average Bonchev–Trinajstić information content (AvgIpc) is 3.18. The molecule has 1 aromatic carbocycles. The first kappa shape index (κ1) is 20.3. The van der Waals surface area contributed by atoms with Crippen LogP contribution in [0.5, 0.6) is 11.5 Å². The molecule has 5 rings (SSSR count). The standard InChI is InChI=1S/C25H24N4O3/c1-5-7-17-21-22(28-20(6-2)29-23(21)26)24(30)18-12-14(3)27-13-19(18)32-25(17,24)15-8-10-16(31-4)11-9-15/h8-13,17,30H,6H2,1-4H3,(H2,26,28,29)/t17-,24+,25+/m1/s1. The van der Waals surface area contributed by atoms with Crippen molar-refractivity contribution in [3.05, 3.63) is 70.4 Å². The third-order valence-corrected chi connectivity index (χ3v) is 6.39. The van der Waals surface area contributed by atoms with E-state index in [1.54, 1.807) is 20.2 Å². The van der Waals surface area contributed by atoms with Crippen LogP contribution in [-0.4, -0.2) is 27.2 Å². The molecule has 0 fully saturated rings. The van der Waals surface area contributed by atoms with Crippen molar-refractivity contribution in [1.29, 1.82) is 0 Å². The quantitative estimate of drug-likeness (QED) is 0.618. The topological polar surface area (TPSA) is 103 Å². The van der Waals surface area contributed by atoms with Gasteiger partial charge < -0.3 is 20.3 Å². The molecule has 32 heavy (non-hydrogen) atoms. The smallest absolute Gasteiger partial charge is 0.190 e. The van der Waals surface area contributed by atoms with Crippen molar-refractivity contribution < 1.29 is 14.6 Å². The van der Waals surface area contributed by atoms with Crippen molar-refractivity contribution in [2.75, 3.05) is 12.8 Å². The SMILES string of the molecule is CC#C[C@@H]1c2c(N)nc(CC)nc2[C@@]2(O)c3cc(C)ncc3O[C@@]12c1ccc(OC)cc1. The zero-order valence-corrected chi connectivity index (χ0v) is 18.4. The van der Waals surface area contributed by atoms with E-state index >= 15 is 0 Å². The Bertz CT molecular complexity index is 1300. The number of fused-ring (bicyclic) bond motifs is 5. The van der Waals surface area contributed by atoms with E-state index in [9.17, 15) is 5.11 Å². The van der Waals surface area contributed by atoms with Crippen LogP contribution in [0.15, 0.2) is 36.5 Å². The number of aryl methyl sites for hydroxylation is 2. The number of hydrogen-bond donors (Lipinski definition) is 2. The lowest BCUT2D eigenvalue weighted by Crippen LogP contribution is -2.49. The Morgan fingerprint density at radius 3 is 2.66 bits per heavy atom. The Morgan fingerprint density at radius 2 is 2.00 bits per heavy atom. The zero-order chi connectivity index (χ0) is 22.7. The van der Waals surface area contributed by atoms with Crippen LogP contribution in [-0.2, 0) is 17.6 Å². The minimum Gasteiger partial charge on any atom is -0.497 e. The second-order valence-electron chi connectivity index (χ2n) is 8.07. The second kappa shape index (κ2) is 6.94. The molecule has 7 nitrogen and oxygen atoms in total. The van der Waals surface area contributed by atoms with Crippen molar-refractivity contribution >= 4 is 5.82 Å². The molecule has 162 valence electrons. The van der Waals surface area contributed by atoms with Crippen molar-refractivity contribution in [3.8, 4) is 23.3 Å². The number of aromatic nitrogens is 3. The zero-order valence-electron chi connectivity index (χ0n) is 18.4. The maximum absolute atomic E-state index is 12.6. The van der Waals surface area contributed by atoms with Gasteiger partial charge in [-0.2, -0.15) is 0 Å². The molecule has 3 aromatic rings. The maximum Gasteiger partial charge on any atom is 0.190 e. The number of hydrogen-bond acceptors (Lipinski definition) is 7. The summed E-state index contributed by atoms with van der Waals surface area (Å²) >= 11 is 0. The summed E-state index contributed by atoms with van der Waals surface area (Å²) < 4.78 is 12.0. The molecular weight excluding hydrogens is 404 g/mol. The van der Waals surface area contributed by atoms with Crippen LogP contribution in [0.2, 0.25) is 0 Å². The number of benzene rings is 1. The largest absolute Gasteiger partial charge is 0.497 e. The molecule has 0 bridgehead atoms. The predicted octanol–water partition coefficient (Wildman–Crippen LogP) is 2.98. The lowest BCUT2D eigenvalue weighted by atomic mass is 9.72. The lowest BCUT2D eigenvalue weighted by Gasteiger charge is -2.38. The van der Waals surface area contributed by atoms with Gasteiger partial charge in [-0.15, -0.1) is 5.92 Å². The van der Waals surface area contributed by atoms with Gasteiger partial charge in [0.1, 0.15) is 23.1 Å². The highest BCUT2D eigenvalue weighted by Gasteiger charge is 2.72. The summed E-state index contributed by atoms with van der Waals surface area (Å²) in [5.74, 6) is 7.71. The molecule has 0 radical (unpaired) electrons. The highest BCUT2D eigenvalue weighted by molar-refractivity contribution is 5.67. The van der Waals surface area contributed by atoms with Gasteiger partial charge in [0.05, 0.1) is 24.9 Å². The van der Waals surface area contributed by atoms with Crippen LogP contribution in [0, 0.1) is 18.8 Å². The Hall–Kier alpha value is -3.63. The number of nitrogens with zero attached hydrogens (tertiary/aromatic N) is 3. The molecule has 3 atom stereocenters. The van der Waals surface area contributed by atoms with Gasteiger partial charge in [-0.1, -0.05) is 25.0 Å². The van der Waals surface area contributed by atoms with Crippen LogP contribution in [0.3, 0.4) is 0 Å².